The molecule has 2 N–H and O–H groups in total. The minimum Gasteiger partial charge on any atom is -0.496 e. The van der Waals surface area contributed by atoms with Gasteiger partial charge in [0.05, 0.1) is 12.8 Å². The van der Waals surface area contributed by atoms with Gasteiger partial charge in [-0.15, -0.1) is 0 Å². The number of amides is 1. The Kier molecular flexibility index (Phi) is 5.76. The number of hydrogen-bond donors (Lipinski definition) is 2. The molecule has 1 amide bonds. The molecular weight excluding hydrogens is 417 g/mol. The van der Waals surface area contributed by atoms with Gasteiger partial charge < -0.3 is 19.0 Å². The summed E-state index contributed by atoms with van der Waals surface area (Å²) in [7, 11) is 1.34. The Balaban J connectivity index is 1.46. The smallest absolute Gasteiger partial charge is 0.412 e. The van der Waals surface area contributed by atoms with E-state index in [0.29, 0.717) is 11.3 Å². The van der Waals surface area contributed by atoms with E-state index in [1.807, 2.05) is 12.1 Å². The van der Waals surface area contributed by atoms with Crippen molar-refractivity contribution in [1.82, 2.24) is 0 Å². The van der Waals surface area contributed by atoms with Crippen molar-refractivity contribution in [3.63, 3.8) is 0 Å². The fourth-order valence-corrected chi connectivity index (χ4v) is 3.30. The van der Waals surface area contributed by atoms with Crippen molar-refractivity contribution in [2.24, 2.45) is 0 Å². The van der Waals surface area contributed by atoms with Crippen molar-refractivity contribution in [3.8, 4) is 16.9 Å². The van der Waals surface area contributed by atoms with Gasteiger partial charge in [0.2, 0.25) is 0 Å². The standard InChI is InChI=1S/C24H18FNO6/c1-30-21-4-2-3-19(22(21)23(27)28)26-24(29)31-13-18-12-16-11-15(7-10-20(16)32-18)14-5-8-17(25)9-6-14/h2-12H,13H2,1H3,(H,26,29)(H,27,28). The Morgan fingerprint density at radius 2 is 1.78 bits per heavy atom. The quantitative estimate of drug-likeness (QED) is 0.404. The Hall–Kier alpha value is -4.33. The first-order valence-corrected chi connectivity index (χ1v) is 9.57. The van der Waals surface area contributed by atoms with E-state index in [0.717, 1.165) is 16.5 Å². The van der Waals surface area contributed by atoms with Gasteiger partial charge >= 0.3 is 12.1 Å². The summed E-state index contributed by atoms with van der Waals surface area (Å²) < 4.78 is 29.1. The van der Waals surface area contributed by atoms with Crippen molar-refractivity contribution in [2.75, 3.05) is 12.4 Å². The second kappa shape index (κ2) is 8.81. The summed E-state index contributed by atoms with van der Waals surface area (Å²) in [6, 6.07) is 17.9. The van der Waals surface area contributed by atoms with Gasteiger partial charge in [0.1, 0.15) is 28.5 Å². The number of carboxylic acids is 1. The summed E-state index contributed by atoms with van der Waals surface area (Å²) in [5, 5.41) is 12.6. The third kappa shape index (κ3) is 4.39. The van der Waals surface area contributed by atoms with Crippen LogP contribution in [0.5, 0.6) is 5.75 Å². The number of anilines is 1. The van der Waals surface area contributed by atoms with Gasteiger partial charge in [0.15, 0.2) is 6.61 Å². The van der Waals surface area contributed by atoms with Crippen molar-refractivity contribution >= 4 is 28.7 Å². The highest BCUT2D eigenvalue weighted by Crippen LogP contribution is 2.28. The molecule has 0 atom stereocenters. The lowest BCUT2D eigenvalue weighted by atomic mass is 10.0. The van der Waals surface area contributed by atoms with Crippen molar-refractivity contribution in [3.05, 3.63) is 83.9 Å². The van der Waals surface area contributed by atoms with E-state index in [2.05, 4.69) is 5.32 Å². The summed E-state index contributed by atoms with van der Waals surface area (Å²) in [5.41, 5.74) is 2.23. The van der Waals surface area contributed by atoms with Gasteiger partial charge in [-0.2, -0.15) is 0 Å². The number of rotatable bonds is 6. The second-order valence-corrected chi connectivity index (χ2v) is 6.86. The van der Waals surface area contributed by atoms with E-state index in [-0.39, 0.29) is 29.4 Å². The minimum absolute atomic E-state index is 0.0513. The molecule has 3 aromatic carbocycles. The van der Waals surface area contributed by atoms with Gasteiger partial charge in [-0.25, -0.2) is 14.0 Å². The molecule has 1 aromatic heterocycles. The molecule has 0 aliphatic heterocycles. The number of aromatic carboxylic acids is 1. The van der Waals surface area contributed by atoms with Crippen LogP contribution >= 0.6 is 0 Å². The number of benzene rings is 3. The summed E-state index contributed by atoms with van der Waals surface area (Å²) in [5.74, 6) is -1.02. The molecule has 1 heterocycles. The molecule has 4 rings (SSSR count). The maximum absolute atomic E-state index is 13.1. The van der Waals surface area contributed by atoms with Crippen LogP contribution in [-0.2, 0) is 11.3 Å². The molecule has 0 fully saturated rings. The van der Waals surface area contributed by atoms with Crippen LogP contribution in [0.3, 0.4) is 0 Å². The number of furan rings is 1. The monoisotopic (exact) mass is 435 g/mol. The van der Waals surface area contributed by atoms with Gasteiger partial charge in [0, 0.05) is 5.39 Å². The fraction of sp³-hybridized carbons (Fsp3) is 0.0833. The van der Waals surface area contributed by atoms with E-state index in [1.54, 1.807) is 30.3 Å². The molecule has 32 heavy (non-hydrogen) atoms. The van der Waals surface area contributed by atoms with E-state index in [9.17, 15) is 19.1 Å². The molecule has 0 saturated carbocycles. The predicted octanol–water partition coefficient (Wildman–Crippen LogP) is 5.69. The molecule has 162 valence electrons. The number of methoxy groups -OCH3 is 1. The topological polar surface area (TPSA) is 98.0 Å². The fourth-order valence-electron chi connectivity index (χ4n) is 3.30. The highest BCUT2D eigenvalue weighted by Gasteiger charge is 2.18. The van der Waals surface area contributed by atoms with Crippen molar-refractivity contribution < 1.29 is 33.0 Å². The number of nitrogens with one attached hydrogen (secondary N) is 1. The van der Waals surface area contributed by atoms with Crippen LogP contribution in [0.15, 0.2) is 71.1 Å². The van der Waals surface area contributed by atoms with Crippen LogP contribution in [0.1, 0.15) is 16.1 Å². The zero-order valence-electron chi connectivity index (χ0n) is 16.9. The summed E-state index contributed by atoms with van der Waals surface area (Å²) in [4.78, 5) is 23.7. The summed E-state index contributed by atoms with van der Waals surface area (Å²) in [6.07, 6.45) is -0.840. The number of halogens is 1. The van der Waals surface area contributed by atoms with Crippen molar-refractivity contribution in [2.45, 2.75) is 6.61 Å². The highest BCUT2D eigenvalue weighted by molar-refractivity contribution is 6.01. The van der Waals surface area contributed by atoms with Gasteiger partial charge in [-0.1, -0.05) is 24.3 Å². The zero-order valence-corrected chi connectivity index (χ0v) is 16.9. The van der Waals surface area contributed by atoms with E-state index in [4.69, 9.17) is 13.9 Å². The average Bonchev–Trinajstić information content (AvgIpc) is 3.20. The third-order valence-electron chi connectivity index (χ3n) is 4.79. The SMILES string of the molecule is COc1cccc(NC(=O)OCc2cc3cc(-c4ccc(F)cc4)ccc3o2)c1C(=O)O. The molecule has 7 nitrogen and oxygen atoms in total. The number of ether oxygens (including phenoxy) is 2. The first-order valence-electron chi connectivity index (χ1n) is 9.57. The van der Waals surface area contributed by atoms with Crippen LogP contribution in [0.25, 0.3) is 22.1 Å². The Bertz CT molecular complexity index is 1300. The molecule has 0 radical (unpaired) electrons. The summed E-state index contributed by atoms with van der Waals surface area (Å²) >= 11 is 0. The number of hydrogen-bond acceptors (Lipinski definition) is 5. The van der Waals surface area contributed by atoms with Crippen LogP contribution in [0.4, 0.5) is 14.9 Å². The first kappa shape index (κ1) is 20.9. The highest BCUT2D eigenvalue weighted by atomic mass is 19.1. The molecular formula is C24H18FNO6. The van der Waals surface area contributed by atoms with Crippen LogP contribution < -0.4 is 10.1 Å². The number of carbonyl (C=O) groups is 2. The second-order valence-electron chi connectivity index (χ2n) is 6.86. The maximum atomic E-state index is 13.1. The third-order valence-corrected chi connectivity index (χ3v) is 4.79. The molecule has 0 aliphatic rings. The van der Waals surface area contributed by atoms with Crippen LogP contribution in [0, 0.1) is 5.82 Å². The molecule has 8 heteroatoms. The lowest BCUT2D eigenvalue weighted by Crippen LogP contribution is -2.16. The Morgan fingerprint density at radius 1 is 1.03 bits per heavy atom. The Morgan fingerprint density at radius 3 is 2.50 bits per heavy atom. The molecule has 0 aliphatic carbocycles. The first-order chi connectivity index (χ1) is 15.4. The van der Waals surface area contributed by atoms with Gasteiger partial charge in [0.25, 0.3) is 0 Å². The number of fused-ring (bicyclic) bond motifs is 1. The lowest BCUT2D eigenvalue weighted by Gasteiger charge is -2.11. The van der Waals surface area contributed by atoms with Gasteiger partial charge in [-0.05, 0) is 53.6 Å². The van der Waals surface area contributed by atoms with Gasteiger partial charge in [-0.3, -0.25) is 5.32 Å². The maximum Gasteiger partial charge on any atom is 0.412 e. The van der Waals surface area contributed by atoms with E-state index >= 15 is 0 Å². The number of carboxylic acid groups (broad SMARTS) is 1. The van der Waals surface area contributed by atoms with E-state index in [1.165, 1.54) is 31.4 Å². The van der Waals surface area contributed by atoms with Crippen LogP contribution in [-0.4, -0.2) is 24.3 Å². The normalized spacial score (nSPS) is 10.7. The minimum atomic E-state index is -1.24. The average molecular weight is 435 g/mol. The molecule has 4 aromatic rings. The zero-order chi connectivity index (χ0) is 22.7. The molecule has 0 bridgehead atoms. The van der Waals surface area contributed by atoms with Crippen molar-refractivity contribution in [1.29, 1.82) is 0 Å². The Labute approximate surface area is 182 Å². The number of carbonyl (C=O) groups excluding carboxylic acids is 1. The largest absolute Gasteiger partial charge is 0.496 e. The molecule has 0 saturated heterocycles. The van der Waals surface area contributed by atoms with E-state index < -0.39 is 12.1 Å². The molecule has 0 unspecified atom stereocenters. The van der Waals surface area contributed by atoms with Crippen LogP contribution in [0.2, 0.25) is 0 Å². The summed E-state index contributed by atoms with van der Waals surface area (Å²) in [6.45, 7) is -0.154. The lowest BCUT2D eigenvalue weighted by molar-refractivity contribution is 0.0694. The predicted molar refractivity (Wildman–Crippen MR) is 115 cm³/mol. The molecule has 0 spiro atoms.